The van der Waals surface area contributed by atoms with Gasteiger partial charge in [-0.05, 0) is 64.4 Å². The molecule has 1 heterocycles. The lowest BCUT2D eigenvalue weighted by Crippen LogP contribution is -2.38. The van der Waals surface area contributed by atoms with E-state index >= 15 is 0 Å². The number of halogens is 1. The van der Waals surface area contributed by atoms with Crippen LogP contribution in [0.5, 0.6) is 0 Å². The van der Waals surface area contributed by atoms with Crippen molar-refractivity contribution in [1.82, 2.24) is 5.32 Å². The number of benzene rings is 3. The van der Waals surface area contributed by atoms with E-state index in [9.17, 15) is 9.18 Å². The van der Waals surface area contributed by atoms with Crippen molar-refractivity contribution in [3.8, 4) is 0 Å². The molecule has 0 spiro atoms. The van der Waals surface area contributed by atoms with Gasteiger partial charge >= 0.3 is 0 Å². The summed E-state index contributed by atoms with van der Waals surface area (Å²) >= 11 is 1.43. The van der Waals surface area contributed by atoms with Crippen LogP contribution >= 0.6 is 11.3 Å². The molecule has 0 saturated carbocycles. The number of rotatable bonds is 9. The summed E-state index contributed by atoms with van der Waals surface area (Å²) in [4.78, 5) is 13.3. The summed E-state index contributed by atoms with van der Waals surface area (Å²) in [6.45, 7) is 4.78. The van der Waals surface area contributed by atoms with Crippen LogP contribution in [-0.4, -0.2) is 18.7 Å². The number of nitrogens with one attached hydrogen (secondary N) is 3. The Morgan fingerprint density at radius 3 is 2.40 bits per heavy atom. The van der Waals surface area contributed by atoms with Gasteiger partial charge in [-0.3, -0.25) is 4.79 Å². The minimum absolute atomic E-state index is 0.0223. The van der Waals surface area contributed by atoms with Crippen LogP contribution in [0, 0.1) is 16.6 Å². The molecule has 0 aliphatic rings. The summed E-state index contributed by atoms with van der Waals surface area (Å²) in [5.74, 6) is -0.387. The van der Waals surface area contributed by atoms with Crippen molar-refractivity contribution in [3.63, 3.8) is 0 Å². The van der Waals surface area contributed by atoms with Crippen molar-refractivity contribution in [2.75, 3.05) is 11.9 Å². The van der Waals surface area contributed by atoms with Crippen LogP contribution < -0.4 is 10.6 Å². The van der Waals surface area contributed by atoms with Crippen LogP contribution in [0.2, 0.25) is 0 Å². The lowest BCUT2D eigenvalue weighted by atomic mass is 9.71. The third-order valence-corrected chi connectivity index (χ3v) is 6.92. The number of thiophene rings is 1. The quantitative estimate of drug-likeness (QED) is 0.219. The molecule has 0 radical (unpaired) electrons. The van der Waals surface area contributed by atoms with Crippen LogP contribution in [0.1, 0.15) is 46.1 Å². The molecule has 1 aromatic heterocycles. The molecule has 0 unspecified atom stereocenters. The predicted molar refractivity (Wildman–Crippen MR) is 143 cm³/mol. The first kappa shape index (κ1) is 24.4. The van der Waals surface area contributed by atoms with E-state index in [4.69, 9.17) is 5.41 Å². The van der Waals surface area contributed by atoms with Gasteiger partial charge in [-0.25, -0.2) is 4.39 Å². The Hall–Kier alpha value is -3.77. The maximum Gasteiger partial charge on any atom is 0.261 e. The van der Waals surface area contributed by atoms with E-state index in [0.29, 0.717) is 11.4 Å². The Balaban J connectivity index is 1.65. The smallest absolute Gasteiger partial charge is 0.261 e. The van der Waals surface area contributed by atoms with Gasteiger partial charge in [0.25, 0.3) is 5.91 Å². The molecule has 0 aliphatic carbocycles. The van der Waals surface area contributed by atoms with Crippen LogP contribution in [-0.2, 0) is 0 Å². The highest BCUT2D eigenvalue weighted by molar-refractivity contribution is 7.12. The largest absolute Gasteiger partial charge is 0.355 e. The van der Waals surface area contributed by atoms with Crippen molar-refractivity contribution in [2.45, 2.75) is 19.8 Å². The first-order valence-corrected chi connectivity index (χ1v) is 12.3. The van der Waals surface area contributed by atoms with E-state index in [-0.39, 0.29) is 23.1 Å². The topological polar surface area (TPSA) is 65.0 Å². The molecule has 1 atom stereocenters. The molecule has 178 valence electrons. The summed E-state index contributed by atoms with van der Waals surface area (Å²) in [5, 5.41) is 16.3. The molecule has 4 aromatic rings. The summed E-state index contributed by atoms with van der Waals surface area (Å²) in [6, 6.07) is 26.1. The van der Waals surface area contributed by atoms with E-state index in [1.54, 1.807) is 12.1 Å². The van der Waals surface area contributed by atoms with Gasteiger partial charge in [0.05, 0.1) is 4.88 Å². The normalized spacial score (nSPS) is 12.1. The third kappa shape index (κ3) is 5.84. The first-order chi connectivity index (χ1) is 16.9. The Morgan fingerprint density at radius 2 is 1.74 bits per heavy atom. The molecule has 0 fully saturated rings. The van der Waals surface area contributed by atoms with Gasteiger partial charge in [0, 0.05) is 35.6 Å². The molecule has 6 heteroatoms. The van der Waals surface area contributed by atoms with Gasteiger partial charge in [0.15, 0.2) is 0 Å². The molecule has 4 rings (SSSR count). The average Bonchev–Trinajstić information content (AvgIpc) is 3.41. The molecule has 4 nitrogen and oxygen atoms in total. The fraction of sp³-hybridized carbons (Fsp3) is 0.172. The maximum absolute atomic E-state index is 13.3. The summed E-state index contributed by atoms with van der Waals surface area (Å²) in [5.41, 5.74) is 4.11. The van der Waals surface area contributed by atoms with E-state index in [1.807, 2.05) is 47.8 Å². The third-order valence-electron chi connectivity index (χ3n) is 6.05. The highest BCUT2D eigenvalue weighted by Crippen LogP contribution is 2.41. The van der Waals surface area contributed by atoms with Crippen molar-refractivity contribution < 1.29 is 9.18 Å². The Labute approximate surface area is 209 Å². The Kier molecular flexibility index (Phi) is 7.42. The number of carbonyl (C=O) groups excluding carboxylic acids is 1. The Bertz CT molecular complexity index is 1290. The van der Waals surface area contributed by atoms with Gasteiger partial charge in [-0.2, -0.15) is 0 Å². The summed E-state index contributed by atoms with van der Waals surface area (Å²) < 4.78 is 13.3. The highest BCUT2D eigenvalue weighted by atomic mass is 32.1. The molecule has 0 bridgehead atoms. The number of anilines is 2. The van der Waals surface area contributed by atoms with Gasteiger partial charge in [-0.1, -0.05) is 56.3 Å². The van der Waals surface area contributed by atoms with Crippen molar-refractivity contribution >= 4 is 34.8 Å². The lowest BCUT2D eigenvalue weighted by molar-refractivity contribution is 0.0937. The molecule has 35 heavy (non-hydrogen) atoms. The minimum Gasteiger partial charge on any atom is -0.355 e. The number of carbonyl (C=O) groups is 1. The molecule has 0 saturated heterocycles. The standard InChI is InChI=1S/C29H28FN3OS/c1-29(2,19-32-28(34)26-9-6-16-35-26)27(20-7-4-3-5-8-20)21-10-15-25(22(17-21)18-31)33-24-13-11-23(30)12-14-24/h3-18,27,31,33H,19H2,1-2H3,(H,32,34)/t27-/m1/s1. The van der Waals surface area contributed by atoms with Crippen molar-refractivity contribution in [3.05, 3.63) is 118 Å². The zero-order valence-electron chi connectivity index (χ0n) is 19.7. The van der Waals surface area contributed by atoms with E-state index in [1.165, 1.54) is 29.7 Å². The number of hydrogen-bond donors (Lipinski definition) is 3. The second kappa shape index (κ2) is 10.7. The second-order valence-electron chi connectivity index (χ2n) is 9.12. The number of amides is 1. The highest BCUT2D eigenvalue weighted by Gasteiger charge is 2.33. The first-order valence-electron chi connectivity index (χ1n) is 11.4. The molecule has 0 aliphatic heterocycles. The van der Waals surface area contributed by atoms with Crippen LogP contribution in [0.4, 0.5) is 15.8 Å². The van der Waals surface area contributed by atoms with E-state index in [0.717, 1.165) is 28.1 Å². The van der Waals surface area contributed by atoms with Crippen molar-refractivity contribution in [2.24, 2.45) is 5.41 Å². The predicted octanol–water partition coefficient (Wildman–Crippen LogP) is 7.22. The SMILES string of the molecule is CC(C)(CNC(=O)c1cccs1)[C@H](c1ccccc1)c1ccc(Nc2ccc(F)cc2)c(C=N)c1. The monoisotopic (exact) mass is 485 g/mol. The minimum atomic E-state index is -0.320. The zero-order chi connectivity index (χ0) is 24.8. The maximum atomic E-state index is 13.3. The van der Waals surface area contributed by atoms with Gasteiger partial charge < -0.3 is 16.0 Å². The average molecular weight is 486 g/mol. The van der Waals surface area contributed by atoms with Crippen LogP contribution in [0.25, 0.3) is 0 Å². The summed E-state index contributed by atoms with van der Waals surface area (Å²) in [6.07, 6.45) is 1.32. The van der Waals surface area contributed by atoms with Gasteiger partial charge in [-0.15, -0.1) is 11.3 Å². The summed E-state index contributed by atoms with van der Waals surface area (Å²) in [7, 11) is 0. The second-order valence-corrected chi connectivity index (χ2v) is 10.1. The molecule has 3 N–H and O–H groups in total. The fourth-order valence-electron chi connectivity index (χ4n) is 4.33. The molecule has 3 aromatic carbocycles. The van der Waals surface area contributed by atoms with Crippen LogP contribution in [0.3, 0.4) is 0 Å². The van der Waals surface area contributed by atoms with E-state index < -0.39 is 0 Å². The van der Waals surface area contributed by atoms with Gasteiger partial charge in [0.1, 0.15) is 5.82 Å². The fourth-order valence-corrected chi connectivity index (χ4v) is 4.97. The number of hydrogen-bond acceptors (Lipinski definition) is 4. The molecule has 1 amide bonds. The lowest BCUT2D eigenvalue weighted by Gasteiger charge is -2.36. The van der Waals surface area contributed by atoms with Crippen LogP contribution in [0.15, 0.2) is 90.3 Å². The Morgan fingerprint density at radius 1 is 1.00 bits per heavy atom. The van der Waals surface area contributed by atoms with Crippen molar-refractivity contribution in [1.29, 1.82) is 5.41 Å². The van der Waals surface area contributed by atoms with Gasteiger partial charge in [0.2, 0.25) is 0 Å². The molecular weight excluding hydrogens is 457 g/mol. The molecular formula is C29H28FN3OS. The zero-order valence-corrected chi connectivity index (χ0v) is 20.5. The van der Waals surface area contributed by atoms with E-state index in [2.05, 4.69) is 42.7 Å².